The first kappa shape index (κ1) is 21.9. The fraction of sp³-hybridized carbons (Fsp3) is 0.130. The number of nitrogens with zero attached hydrogens (tertiary/aromatic N) is 2. The van der Waals surface area contributed by atoms with E-state index in [-0.39, 0.29) is 21.4 Å². The maximum absolute atomic E-state index is 13.4. The van der Waals surface area contributed by atoms with Crippen molar-refractivity contribution in [2.24, 2.45) is 0 Å². The first-order valence-electron chi connectivity index (χ1n) is 9.67. The normalized spacial score (nSPS) is 11.7. The molecule has 0 fully saturated rings. The molecular formula is C23H19ClN2O5S. The lowest BCUT2D eigenvalue weighted by atomic mass is 9.99. The Morgan fingerprint density at radius 2 is 1.72 bits per heavy atom. The Labute approximate surface area is 189 Å². The van der Waals surface area contributed by atoms with Gasteiger partial charge in [0.15, 0.2) is 0 Å². The summed E-state index contributed by atoms with van der Waals surface area (Å²) in [5, 5.41) is 21.6. The summed E-state index contributed by atoms with van der Waals surface area (Å²) in [5.41, 5.74) is 3.36. The van der Waals surface area contributed by atoms with Crippen molar-refractivity contribution in [1.82, 2.24) is 3.97 Å². The molecule has 0 amide bonds. The van der Waals surface area contributed by atoms with E-state index in [1.54, 1.807) is 18.3 Å². The highest BCUT2D eigenvalue weighted by atomic mass is 35.5. The van der Waals surface area contributed by atoms with E-state index < -0.39 is 14.9 Å². The first-order chi connectivity index (χ1) is 15.1. The molecule has 0 radical (unpaired) electrons. The number of aryl methyl sites for hydroxylation is 2. The third kappa shape index (κ3) is 3.72. The first-order valence-corrected chi connectivity index (χ1v) is 11.5. The number of hydrogen-bond acceptors (Lipinski definition) is 5. The molecule has 1 heterocycles. The second kappa shape index (κ2) is 7.96. The molecule has 0 saturated carbocycles. The van der Waals surface area contributed by atoms with Gasteiger partial charge < -0.3 is 5.11 Å². The highest BCUT2D eigenvalue weighted by Crippen LogP contribution is 2.32. The van der Waals surface area contributed by atoms with E-state index in [0.29, 0.717) is 11.9 Å². The van der Waals surface area contributed by atoms with Crippen LogP contribution in [0.15, 0.2) is 65.7 Å². The van der Waals surface area contributed by atoms with Gasteiger partial charge in [0.25, 0.3) is 15.7 Å². The van der Waals surface area contributed by atoms with Crippen LogP contribution in [-0.2, 0) is 16.4 Å². The molecule has 1 N–H and O–H groups in total. The van der Waals surface area contributed by atoms with Crippen molar-refractivity contribution < 1.29 is 18.4 Å². The van der Waals surface area contributed by atoms with Crippen molar-refractivity contribution in [3.8, 4) is 5.75 Å². The number of para-hydroxylation sites is 1. The van der Waals surface area contributed by atoms with Crippen LogP contribution < -0.4 is 0 Å². The molecule has 7 nitrogen and oxygen atoms in total. The summed E-state index contributed by atoms with van der Waals surface area (Å²) in [7, 11) is -4.06. The van der Waals surface area contributed by atoms with Crippen molar-refractivity contribution in [2.45, 2.75) is 25.2 Å². The molecule has 164 valence electrons. The van der Waals surface area contributed by atoms with Gasteiger partial charge in [-0.15, -0.1) is 0 Å². The van der Waals surface area contributed by atoms with Crippen molar-refractivity contribution in [1.29, 1.82) is 0 Å². The second-order valence-electron chi connectivity index (χ2n) is 7.60. The number of fused-ring (bicyclic) bond motifs is 1. The van der Waals surface area contributed by atoms with E-state index in [1.807, 2.05) is 38.1 Å². The number of nitro benzene ring substituents is 1. The van der Waals surface area contributed by atoms with Gasteiger partial charge in [-0.3, -0.25) is 10.1 Å². The average Bonchev–Trinajstić information content (AvgIpc) is 3.11. The minimum atomic E-state index is -4.06. The van der Waals surface area contributed by atoms with Gasteiger partial charge in [0, 0.05) is 17.6 Å². The molecule has 4 rings (SSSR count). The van der Waals surface area contributed by atoms with E-state index >= 15 is 0 Å². The summed E-state index contributed by atoms with van der Waals surface area (Å²) < 4.78 is 28.0. The number of phenolic OH excluding ortho intramolecular Hbond substituents is 1. The van der Waals surface area contributed by atoms with Crippen LogP contribution in [0.5, 0.6) is 5.75 Å². The van der Waals surface area contributed by atoms with Gasteiger partial charge >= 0.3 is 0 Å². The average molecular weight is 471 g/mol. The number of nitro groups is 1. The van der Waals surface area contributed by atoms with E-state index in [4.69, 9.17) is 11.6 Å². The van der Waals surface area contributed by atoms with E-state index in [0.717, 1.165) is 39.8 Å². The monoisotopic (exact) mass is 470 g/mol. The van der Waals surface area contributed by atoms with Gasteiger partial charge in [-0.25, -0.2) is 12.4 Å². The summed E-state index contributed by atoms with van der Waals surface area (Å²) in [6.07, 6.45) is 2.03. The molecule has 0 bridgehead atoms. The molecule has 0 aliphatic rings. The largest absolute Gasteiger partial charge is 0.507 e. The Hall–Kier alpha value is -3.36. The fourth-order valence-electron chi connectivity index (χ4n) is 3.83. The minimum Gasteiger partial charge on any atom is -0.507 e. The zero-order chi connectivity index (χ0) is 23.2. The molecule has 1 aromatic heterocycles. The van der Waals surface area contributed by atoms with E-state index in [1.165, 1.54) is 10.0 Å². The van der Waals surface area contributed by atoms with Gasteiger partial charge in [-0.2, -0.15) is 0 Å². The van der Waals surface area contributed by atoms with Crippen molar-refractivity contribution in [2.75, 3.05) is 0 Å². The molecule has 0 aliphatic heterocycles. The topological polar surface area (TPSA) is 102 Å². The lowest BCUT2D eigenvalue weighted by Crippen LogP contribution is -2.12. The predicted molar refractivity (Wildman–Crippen MR) is 123 cm³/mol. The van der Waals surface area contributed by atoms with Gasteiger partial charge in [0.05, 0.1) is 15.3 Å². The van der Waals surface area contributed by atoms with Gasteiger partial charge in [0.1, 0.15) is 10.8 Å². The number of aromatic hydroxyl groups is 1. The molecule has 0 saturated heterocycles. The van der Waals surface area contributed by atoms with Crippen LogP contribution in [0.2, 0.25) is 5.02 Å². The van der Waals surface area contributed by atoms with E-state index in [9.17, 15) is 23.6 Å². The van der Waals surface area contributed by atoms with Crippen LogP contribution in [0, 0.1) is 24.0 Å². The fourth-order valence-corrected chi connectivity index (χ4v) is 5.57. The number of benzene rings is 3. The van der Waals surface area contributed by atoms with Crippen LogP contribution in [0.3, 0.4) is 0 Å². The standard InChI is InChI=1S/C23H19ClN2O5S/c1-14-9-16(10-15(2)23(14)27)11-17-13-25(21-6-4-3-5-19(17)21)32(30,31)18-7-8-22(26(28)29)20(24)12-18/h3-10,12-13,27H,11H2,1-2H3. The van der Waals surface area contributed by atoms with Crippen LogP contribution in [0.25, 0.3) is 10.9 Å². The number of phenols is 1. The third-order valence-electron chi connectivity index (χ3n) is 5.38. The number of halogens is 1. The maximum Gasteiger partial charge on any atom is 0.287 e. The van der Waals surface area contributed by atoms with Crippen molar-refractivity contribution >= 4 is 38.2 Å². The summed E-state index contributed by atoms with van der Waals surface area (Å²) in [4.78, 5) is 10.2. The van der Waals surface area contributed by atoms with Crippen LogP contribution in [0.4, 0.5) is 5.69 Å². The predicted octanol–water partition coefficient (Wildman–Crippen LogP) is 5.35. The Morgan fingerprint density at radius 3 is 2.34 bits per heavy atom. The molecule has 0 unspecified atom stereocenters. The zero-order valence-electron chi connectivity index (χ0n) is 17.2. The van der Waals surface area contributed by atoms with Crippen LogP contribution in [0.1, 0.15) is 22.3 Å². The highest BCUT2D eigenvalue weighted by Gasteiger charge is 2.24. The summed E-state index contributed by atoms with van der Waals surface area (Å²) in [6, 6.07) is 14.2. The number of hydrogen-bond donors (Lipinski definition) is 1. The molecule has 3 aromatic carbocycles. The Morgan fingerprint density at radius 1 is 1.06 bits per heavy atom. The van der Waals surface area contributed by atoms with Gasteiger partial charge in [0.2, 0.25) is 0 Å². The SMILES string of the molecule is Cc1cc(Cc2cn(S(=O)(=O)c3ccc([N+](=O)[O-])c(Cl)c3)c3ccccc23)cc(C)c1O. The smallest absolute Gasteiger partial charge is 0.287 e. The third-order valence-corrected chi connectivity index (χ3v) is 7.35. The van der Waals surface area contributed by atoms with Crippen LogP contribution in [-0.4, -0.2) is 22.4 Å². The molecular weight excluding hydrogens is 452 g/mol. The lowest BCUT2D eigenvalue weighted by molar-refractivity contribution is -0.384. The summed E-state index contributed by atoms with van der Waals surface area (Å²) in [5.74, 6) is 0.244. The maximum atomic E-state index is 13.4. The molecule has 9 heteroatoms. The Bertz CT molecular complexity index is 1470. The van der Waals surface area contributed by atoms with Crippen molar-refractivity contribution in [3.05, 3.63) is 98.2 Å². The van der Waals surface area contributed by atoms with Crippen LogP contribution >= 0.6 is 11.6 Å². The molecule has 0 spiro atoms. The van der Waals surface area contributed by atoms with E-state index in [2.05, 4.69) is 0 Å². The van der Waals surface area contributed by atoms with Gasteiger partial charge in [-0.05, 0) is 60.7 Å². The molecule has 4 aromatic rings. The lowest BCUT2D eigenvalue weighted by Gasteiger charge is -2.08. The number of aromatic nitrogens is 1. The minimum absolute atomic E-state index is 0.142. The van der Waals surface area contributed by atoms with Gasteiger partial charge in [-0.1, -0.05) is 41.9 Å². The molecule has 0 atom stereocenters. The molecule has 32 heavy (non-hydrogen) atoms. The Kier molecular flexibility index (Phi) is 5.44. The summed E-state index contributed by atoms with van der Waals surface area (Å²) in [6.45, 7) is 3.63. The summed E-state index contributed by atoms with van der Waals surface area (Å²) >= 11 is 5.96. The van der Waals surface area contributed by atoms with Crippen molar-refractivity contribution in [3.63, 3.8) is 0 Å². The molecule has 0 aliphatic carbocycles. The second-order valence-corrected chi connectivity index (χ2v) is 9.82. The quantitative estimate of drug-likeness (QED) is 0.312. The highest BCUT2D eigenvalue weighted by molar-refractivity contribution is 7.90. The zero-order valence-corrected chi connectivity index (χ0v) is 18.8. The Balaban J connectivity index is 1.84. The number of rotatable bonds is 5.